The highest BCUT2D eigenvalue weighted by Gasteiger charge is 3.03. The first kappa shape index (κ1) is 21.3. The summed E-state index contributed by atoms with van der Waals surface area (Å²) in [5.41, 5.74) is -7.73. The number of esters is 4. The lowest BCUT2D eigenvalue weighted by Crippen LogP contribution is -2.67. The van der Waals surface area contributed by atoms with Gasteiger partial charge in [0.2, 0.25) is 11.9 Å². The molecule has 12 nitrogen and oxygen atoms in total. The number of carbonyl (C=O) groups excluding carboxylic acids is 4. The lowest BCUT2D eigenvalue weighted by atomic mass is 9.54. The Kier molecular flexibility index (Phi) is 3.89. The van der Waals surface area contributed by atoms with Crippen molar-refractivity contribution in [3.05, 3.63) is 0 Å². The summed E-state index contributed by atoms with van der Waals surface area (Å²) in [6, 6.07) is 0. The normalized spacial score (nSPS) is 54.9. The lowest BCUT2D eigenvalue weighted by Gasteiger charge is -2.45. The van der Waals surface area contributed by atoms with Crippen molar-refractivity contribution in [2.45, 2.75) is 69.1 Å². The molecule has 6 rings (SSSR count). The molecule has 4 saturated heterocycles. The van der Waals surface area contributed by atoms with E-state index in [0.29, 0.717) is 0 Å². The first-order valence-corrected chi connectivity index (χ1v) is 11.0. The molecule has 33 heavy (non-hydrogen) atoms. The Morgan fingerprint density at radius 1 is 1.15 bits per heavy atom. The molecule has 0 amide bonds. The first-order valence-electron chi connectivity index (χ1n) is 11.0. The van der Waals surface area contributed by atoms with Crippen LogP contribution in [-0.2, 0) is 47.6 Å². The number of fused-ring (bicyclic) bond motifs is 1. The third-order valence-electron chi connectivity index (χ3n) is 8.95. The molecule has 6 aliphatic rings. The van der Waals surface area contributed by atoms with Crippen LogP contribution in [-0.4, -0.2) is 89.2 Å². The third-order valence-corrected chi connectivity index (χ3v) is 8.95. The largest absolute Gasteiger partial charge is 0.464 e. The van der Waals surface area contributed by atoms with Crippen molar-refractivity contribution in [1.82, 2.24) is 0 Å². The number of rotatable bonds is 4. The first-order chi connectivity index (χ1) is 15.6. The Balaban J connectivity index is 1.56. The maximum Gasteiger partial charge on any atom is 0.343 e. The molecule has 180 valence electrons. The Morgan fingerprint density at radius 2 is 1.88 bits per heavy atom. The highest BCUT2D eigenvalue weighted by molar-refractivity contribution is 5.94. The molecule has 2 spiro atoms. The Hall–Kier alpha value is -2.28. The molecule has 0 aromatic carbocycles. The number of ether oxygens (including phenoxy) is 6. The number of aliphatic hydroxyl groups is 2. The average Bonchev–Trinajstić information content (AvgIpc) is 3.45. The fraction of sp³-hybridized carbons (Fsp3) is 0.810. The summed E-state index contributed by atoms with van der Waals surface area (Å²) in [6.45, 7) is 4.31. The zero-order valence-electron chi connectivity index (χ0n) is 18.1. The molecular weight excluding hydrogens is 444 g/mol. The quantitative estimate of drug-likeness (QED) is 0.352. The maximum absolute atomic E-state index is 13.4. The SMILES string of the molecule is CCOC(=O)CO[C@H]1C(=O)O[C@H]2O[C@]34C(=O)OC5C[C@@H](C)C21[C@@]53[C@@H](O)[C@@H]1OC(=O)C(C)[C@@]14O. The van der Waals surface area contributed by atoms with Crippen LogP contribution in [0.25, 0.3) is 0 Å². The van der Waals surface area contributed by atoms with Crippen LogP contribution >= 0.6 is 0 Å². The van der Waals surface area contributed by atoms with Crippen molar-refractivity contribution in [3.63, 3.8) is 0 Å². The van der Waals surface area contributed by atoms with E-state index in [1.807, 2.05) is 0 Å². The Labute approximate surface area is 187 Å². The van der Waals surface area contributed by atoms with Gasteiger partial charge in [-0.05, 0) is 26.2 Å². The molecule has 0 bridgehead atoms. The van der Waals surface area contributed by atoms with Gasteiger partial charge in [0, 0.05) is 0 Å². The molecule has 0 aromatic heterocycles. The second kappa shape index (κ2) is 6.04. The number of hydrogen-bond donors (Lipinski definition) is 2. The van der Waals surface area contributed by atoms with Crippen molar-refractivity contribution < 1.29 is 57.8 Å². The summed E-state index contributed by atoms with van der Waals surface area (Å²) in [4.78, 5) is 50.8. The Bertz CT molecular complexity index is 996. The fourth-order valence-corrected chi connectivity index (χ4v) is 7.95. The molecular formula is C21H24O12. The van der Waals surface area contributed by atoms with E-state index in [9.17, 15) is 29.4 Å². The summed E-state index contributed by atoms with van der Waals surface area (Å²) in [5.74, 6) is -5.00. The van der Waals surface area contributed by atoms with Crippen LogP contribution in [0.4, 0.5) is 0 Å². The summed E-state index contributed by atoms with van der Waals surface area (Å²) >= 11 is 0. The van der Waals surface area contributed by atoms with E-state index in [2.05, 4.69) is 0 Å². The van der Waals surface area contributed by atoms with Gasteiger partial charge in [0.1, 0.15) is 18.8 Å². The molecule has 3 unspecified atom stereocenters. The van der Waals surface area contributed by atoms with Crippen LogP contribution in [0, 0.1) is 22.7 Å². The second-order valence-corrected chi connectivity index (χ2v) is 9.75. The highest BCUT2D eigenvalue weighted by Crippen LogP contribution is 2.83. The van der Waals surface area contributed by atoms with Gasteiger partial charge in [0.25, 0.3) is 0 Å². The topological polar surface area (TPSA) is 164 Å². The molecule has 4 heterocycles. The van der Waals surface area contributed by atoms with Crippen molar-refractivity contribution in [3.8, 4) is 0 Å². The van der Waals surface area contributed by atoms with Gasteiger partial charge in [0.15, 0.2) is 17.8 Å². The minimum absolute atomic E-state index is 0.110. The summed E-state index contributed by atoms with van der Waals surface area (Å²) in [7, 11) is 0. The highest BCUT2D eigenvalue weighted by atomic mass is 16.8. The zero-order chi connectivity index (χ0) is 23.7. The molecule has 12 heteroatoms. The summed E-state index contributed by atoms with van der Waals surface area (Å²) in [5, 5.41) is 23.6. The van der Waals surface area contributed by atoms with Crippen LogP contribution < -0.4 is 0 Å². The van der Waals surface area contributed by atoms with Gasteiger partial charge in [-0.3, -0.25) is 4.79 Å². The van der Waals surface area contributed by atoms with Crippen molar-refractivity contribution in [1.29, 1.82) is 0 Å². The standard InChI is InChI=1S/C21H24O12/c1-4-28-10(22)6-29-13-15(25)32-17-18(13)7(2)5-9-19(18)11(23)12-20(27,8(3)14(24)31-12)21(19,33-17)16(26)30-9/h7-9,11-13,17,23,27H,4-6H2,1-3H3/t7-,8?,9?,11+,12+,13+,17+,18?,19+,20-,21-/m1/s1. The van der Waals surface area contributed by atoms with Crippen LogP contribution in [0.1, 0.15) is 27.2 Å². The molecule has 0 aromatic rings. The van der Waals surface area contributed by atoms with Gasteiger partial charge < -0.3 is 38.6 Å². The van der Waals surface area contributed by atoms with Crippen LogP contribution in [0.5, 0.6) is 0 Å². The average molecular weight is 468 g/mol. The zero-order valence-corrected chi connectivity index (χ0v) is 18.1. The molecule has 11 atom stereocenters. The third kappa shape index (κ3) is 1.77. The van der Waals surface area contributed by atoms with E-state index in [0.717, 1.165) is 0 Å². The van der Waals surface area contributed by atoms with Gasteiger partial charge in [0.05, 0.1) is 23.4 Å². The van der Waals surface area contributed by atoms with Gasteiger partial charge in [-0.25, -0.2) is 14.4 Å². The van der Waals surface area contributed by atoms with E-state index in [1.165, 1.54) is 6.92 Å². The number of hydrogen-bond acceptors (Lipinski definition) is 12. The Morgan fingerprint density at radius 3 is 2.58 bits per heavy atom. The monoisotopic (exact) mass is 468 g/mol. The van der Waals surface area contributed by atoms with Gasteiger partial charge in [-0.1, -0.05) is 6.92 Å². The van der Waals surface area contributed by atoms with Crippen molar-refractivity contribution >= 4 is 23.9 Å². The summed E-state index contributed by atoms with van der Waals surface area (Å²) < 4.78 is 33.3. The van der Waals surface area contributed by atoms with Crippen LogP contribution in [0.3, 0.4) is 0 Å². The molecule has 6 fully saturated rings. The van der Waals surface area contributed by atoms with Crippen molar-refractivity contribution in [2.24, 2.45) is 22.7 Å². The smallest absolute Gasteiger partial charge is 0.343 e. The van der Waals surface area contributed by atoms with E-state index >= 15 is 0 Å². The molecule has 4 aliphatic heterocycles. The van der Waals surface area contributed by atoms with Gasteiger partial charge >= 0.3 is 23.9 Å². The minimum Gasteiger partial charge on any atom is -0.464 e. The maximum atomic E-state index is 13.4. The number of aliphatic hydroxyl groups excluding tert-OH is 1. The van der Waals surface area contributed by atoms with Crippen LogP contribution in [0.2, 0.25) is 0 Å². The predicted octanol–water partition coefficient (Wildman–Crippen LogP) is -1.81. The van der Waals surface area contributed by atoms with Crippen LogP contribution in [0.15, 0.2) is 0 Å². The van der Waals surface area contributed by atoms with Gasteiger partial charge in [-0.2, -0.15) is 0 Å². The summed E-state index contributed by atoms with van der Waals surface area (Å²) in [6.07, 6.45) is -6.68. The predicted molar refractivity (Wildman–Crippen MR) is 98.6 cm³/mol. The molecule has 2 aliphatic carbocycles. The van der Waals surface area contributed by atoms with E-state index < -0.39 is 95.1 Å². The van der Waals surface area contributed by atoms with Crippen molar-refractivity contribution in [2.75, 3.05) is 13.2 Å². The molecule has 0 radical (unpaired) electrons. The van der Waals surface area contributed by atoms with E-state index in [4.69, 9.17) is 28.4 Å². The lowest BCUT2D eigenvalue weighted by molar-refractivity contribution is -0.238. The molecule has 2 saturated carbocycles. The fourth-order valence-electron chi connectivity index (χ4n) is 7.95. The van der Waals surface area contributed by atoms with E-state index in [-0.39, 0.29) is 13.0 Å². The van der Waals surface area contributed by atoms with E-state index in [1.54, 1.807) is 13.8 Å². The molecule has 2 N–H and O–H groups in total. The number of carbonyl (C=O) groups is 4. The minimum atomic E-state index is -2.27. The second-order valence-electron chi connectivity index (χ2n) is 9.75. The van der Waals surface area contributed by atoms with Gasteiger partial charge in [-0.15, -0.1) is 0 Å².